The summed E-state index contributed by atoms with van der Waals surface area (Å²) in [6.07, 6.45) is 2.65. The summed E-state index contributed by atoms with van der Waals surface area (Å²) in [6.45, 7) is 3.05. The van der Waals surface area contributed by atoms with Crippen LogP contribution in [0.2, 0.25) is 0 Å². The van der Waals surface area contributed by atoms with E-state index in [2.05, 4.69) is 23.7 Å². The molecule has 3 unspecified atom stereocenters. The molecule has 4 heteroatoms. The van der Waals surface area contributed by atoms with Gasteiger partial charge in [0.05, 0.1) is 24.9 Å². The van der Waals surface area contributed by atoms with Gasteiger partial charge < -0.3 is 15.2 Å². The fourth-order valence-corrected chi connectivity index (χ4v) is 2.74. The van der Waals surface area contributed by atoms with Crippen molar-refractivity contribution in [3.8, 4) is 0 Å². The molecule has 1 aliphatic heterocycles. The summed E-state index contributed by atoms with van der Waals surface area (Å²) in [7, 11) is 0. The first-order valence-electron chi connectivity index (χ1n) is 5.81. The normalized spacial score (nSPS) is 27.1. The van der Waals surface area contributed by atoms with Crippen LogP contribution in [-0.4, -0.2) is 30.0 Å². The van der Waals surface area contributed by atoms with Crippen molar-refractivity contribution in [1.82, 2.24) is 5.32 Å². The molecule has 2 heterocycles. The van der Waals surface area contributed by atoms with Gasteiger partial charge in [-0.3, -0.25) is 0 Å². The zero-order chi connectivity index (χ0) is 11.4. The second-order valence-corrected chi connectivity index (χ2v) is 5.34. The van der Waals surface area contributed by atoms with Crippen molar-refractivity contribution >= 4 is 11.3 Å². The van der Waals surface area contributed by atoms with Gasteiger partial charge in [0.25, 0.3) is 0 Å². The third kappa shape index (κ3) is 3.04. The Labute approximate surface area is 100 Å². The van der Waals surface area contributed by atoms with Crippen molar-refractivity contribution in [2.24, 2.45) is 0 Å². The van der Waals surface area contributed by atoms with Gasteiger partial charge >= 0.3 is 0 Å². The van der Waals surface area contributed by atoms with Crippen molar-refractivity contribution in [3.63, 3.8) is 0 Å². The summed E-state index contributed by atoms with van der Waals surface area (Å²) >= 11 is 1.73. The van der Waals surface area contributed by atoms with Gasteiger partial charge in [0.2, 0.25) is 0 Å². The van der Waals surface area contributed by atoms with Crippen molar-refractivity contribution in [1.29, 1.82) is 0 Å². The van der Waals surface area contributed by atoms with E-state index < -0.39 is 0 Å². The van der Waals surface area contributed by atoms with Crippen LogP contribution in [-0.2, 0) is 11.3 Å². The lowest BCUT2D eigenvalue weighted by molar-refractivity contribution is 0.0170. The van der Waals surface area contributed by atoms with Crippen molar-refractivity contribution in [2.45, 2.75) is 44.6 Å². The minimum absolute atomic E-state index is 0.0621. The molecule has 1 aromatic rings. The summed E-state index contributed by atoms with van der Waals surface area (Å²) in [5.74, 6) is 0. The quantitative estimate of drug-likeness (QED) is 0.825. The molecule has 3 nitrogen and oxygen atoms in total. The Morgan fingerprint density at radius 3 is 3.06 bits per heavy atom. The van der Waals surface area contributed by atoms with Crippen molar-refractivity contribution in [2.75, 3.05) is 6.61 Å². The molecule has 1 saturated heterocycles. The number of hydrogen-bond acceptors (Lipinski definition) is 4. The number of aliphatic hydroxyl groups is 1. The molecule has 0 spiro atoms. The van der Waals surface area contributed by atoms with Gasteiger partial charge in [-0.25, -0.2) is 0 Å². The summed E-state index contributed by atoms with van der Waals surface area (Å²) in [5.41, 5.74) is 0. The molecule has 1 fully saturated rings. The second-order valence-electron chi connectivity index (χ2n) is 4.31. The maximum Gasteiger partial charge on any atom is 0.0755 e. The molecule has 0 bridgehead atoms. The van der Waals surface area contributed by atoms with E-state index in [0.717, 1.165) is 19.4 Å². The number of ether oxygens (including phenoxy) is 1. The molecule has 0 saturated carbocycles. The van der Waals surface area contributed by atoms with Crippen LogP contribution in [0.25, 0.3) is 0 Å². The predicted octanol–water partition coefficient (Wildman–Crippen LogP) is 1.77. The number of aliphatic hydroxyl groups excluding tert-OH is 1. The molecule has 90 valence electrons. The molecule has 0 amide bonds. The van der Waals surface area contributed by atoms with E-state index in [1.54, 1.807) is 11.3 Å². The first-order chi connectivity index (χ1) is 7.79. The summed E-state index contributed by atoms with van der Waals surface area (Å²) in [4.78, 5) is 1.30. The Balaban J connectivity index is 1.81. The fraction of sp³-hybridized carbons (Fsp3) is 0.667. The number of hydrogen-bond donors (Lipinski definition) is 2. The molecule has 2 rings (SSSR count). The van der Waals surface area contributed by atoms with E-state index in [0.29, 0.717) is 6.10 Å². The van der Waals surface area contributed by atoms with Gasteiger partial charge in [-0.2, -0.15) is 0 Å². The Morgan fingerprint density at radius 1 is 1.62 bits per heavy atom. The van der Waals surface area contributed by atoms with E-state index in [-0.39, 0.29) is 18.8 Å². The maximum atomic E-state index is 9.36. The van der Waals surface area contributed by atoms with Crippen molar-refractivity contribution < 1.29 is 9.84 Å². The van der Waals surface area contributed by atoms with Crippen LogP contribution in [0.3, 0.4) is 0 Å². The average Bonchev–Trinajstić information content (AvgIpc) is 2.91. The van der Waals surface area contributed by atoms with Gasteiger partial charge in [-0.05, 0) is 31.2 Å². The van der Waals surface area contributed by atoms with E-state index >= 15 is 0 Å². The second kappa shape index (κ2) is 5.77. The largest absolute Gasteiger partial charge is 0.395 e. The Hall–Kier alpha value is -0.420. The SMILES string of the molecule is CC1CCC(C(CO)NCc2cccs2)O1. The van der Waals surface area contributed by atoms with Crippen LogP contribution >= 0.6 is 11.3 Å². The molecule has 0 aromatic carbocycles. The average molecular weight is 241 g/mol. The smallest absolute Gasteiger partial charge is 0.0755 e. The first kappa shape index (κ1) is 12.0. The minimum atomic E-state index is 0.0621. The maximum absolute atomic E-state index is 9.36. The summed E-state index contributed by atoms with van der Waals surface area (Å²) in [5, 5.41) is 14.8. The molecular formula is C12H19NO2S. The van der Waals surface area contributed by atoms with E-state index in [1.165, 1.54) is 4.88 Å². The standard InChI is InChI=1S/C12H19NO2S/c1-9-4-5-12(15-9)11(8-14)13-7-10-3-2-6-16-10/h2-3,6,9,11-14H,4-5,7-8H2,1H3. The lowest BCUT2D eigenvalue weighted by Gasteiger charge is -2.22. The van der Waals surface area contributed by atoms with Crippen LogP contribution in [0.1, 0.15) is 24.6 Å². The van der Waals surface area contributed by atoms with Crippen LogP contribution in [0.4, 0.5) is 0 Å². The van der Waals surface area contributed by atoms with Crippen LogP contribution in [0.15, 0.2) is 17.5 Å². The van der Waals surface area contributed by atoms with Gasteiger partial charge in [-0.1, -0.05) is 6.07 Å². The summed E-state index contributed by atoms with van der Waals surface area (Å²) in [6, 6.07) is 4.21. The van der Waals surface area contributed by atoms with Crippen molar-refractivity contribution in [3.05, 3.63) is 22.4 Å². The highest BCUT2D eigenvalue weighted by Crippen LogP contribution is 2.22. The number of nitrogens with one attached hydrogen (secondary N) is 1. The summed E-state index contributed by atoms with van der Waals surface area (Å²) < 4.78 is 5.77. The third-order valence-corrected chi connectivity index (χ3v) is 3.91. The van der Waals surface area contributed by atoms with Crippen LogP contribution in [0, 0.1) is 0 Å². The molecule has 3 atom stereocenters. The van der Waals surface area contributed by atoms with E-state index in [9.17, 15) is 5.11 Å². The topological polar surface area (TPSA) is 41.5 Å². The Bertz CT molecular complexity index is 302. The molecule has 1 aliphatic rings. The Kier molecular flexibility index (Phi) is 4.35. The van der Waals surface area contributed by atoms with Gasteiger partial charge in [-0.15, -0.1) is 11.3 Å². The van der Waals surface area contributed by atoms with Crippen LogP contribution < -0.4 is 5.32 Å². The molecule has 0 aliphatic carbocycles. The third-order valence-electron chi connectivity index (χ3n) is 3.03. The highest BCUT2D eigenvalue weighted by molar-refractivity contribution is 7.09. The van der Waals surface area contributed by atoms with Gasteiger partial charge in [0, 0.05) is 11.4 Å². The van der Waals surface area contributed by atoms with Gasteiger partial charge in [0.1, 0.15) is 0 Å². The fourth-order valence-electron chi connectivity index (χ4n) is 2.09. The number of thiophene rings is 1. The predicted molar refractivity (Wildman–Crippen MR) is 65.6 cm³/mol. The van der Waals surface area contributed by atoms with Crippen LogP contribution in [0.5, 0.6) is 0 Å². The molecule has 0 radical (unpaired) electrons. The minimum Gasteiger partial charge on any atom is -0.395 e. The Morgan fingerprint density at radius 2 is 2.50 bits per heavy atom. The molecule has 2 N–H and O–H groups in total. The molecular weight excluding hydrogens is 222 g/mol. The highest BCUT2D eigenvalue weighted by Gasteiger charge is 2.28. The molecule has 1 aromatic heterocycles. The zero-order valence-electron chi connectivity index (χ0n) is 9.56. The van der Waals surface area contributed by atoms with E-state index in [4.69, 9.17) is 4.74 Å². The highest BCUT2D eigenvalue weighted by atomic mass is 32.1. The lowest BCUT2D eigenvalue weighted by Crippen LogP contribution is -2.42. The molecule has 16 heavy (non-hydrogen) atoms. The zero-order valence-corrected chi connectivity index (χ0v) is 10.4. The monoisotopic (exact) mass is 241 g/mol. The first-order valence-corrected chi connectivity index (χ1v) is 6.69. The van der Waals surface area contributed by atoms with E-state index in [1.807, 2.05) is 6.07 Å². The van der Waals surface area contributed by atoms with Gasteiger partial charge in [0.15, 0.2) is 0 Å². The lowest BCUT2D eigenvalue weighted by atomic mass is 10.1. The number of rotatable bonds is 5.